The highest BCUT2D eigenvalue weighted by Gasteiger charge is 2.12. The van der Waals surface area contributed by atoms with E-state index in [1.54, 1.807) is 0 Å². The van der Waals surface area contributed by atoms with Gasteiger partial charge in [-0.1, -0.05) is 27.5 Å². The lowest BCUT2D eigenvalue weighted by atomic mass is 10.1. The molecule has 1 aliphatic heterocycles. The normalized spacial score (nSPS) is 21.5. The van der Waals surface area contributed by atoms with Gasteiger partial charge in [0.2, 0.25) is 0 Å². The monoisotopic (exact) mass is 302 g/mol. The van der Waals surface area contributed by atoms with E-state index in [-0.39, 0.29) is 0 Å². The van der Waals surface area contributed by atoms with Crippen LogP contribution in [0.5, 0.6) is 0 Å². The first-order chi connectivity index (χ1) is 7.75. The van der Waals surface area contributed by atoms with Crippen molar-refractivity contribution in [2.75, 3.05) is 18.4 Å². The van der Waals surface area contributed by atoms with E-state index >= 15 is 0 Å². The van der Waals surface area contributed by atoms with Gasteiger partial charge in [0, 0.05) is 10.5 Å². The van der Waals surface area contributed by atoms with Crippen molar-refractivity contribution in [2.24, 2.45) is 0 Å². The number of hydrogen-bond acceptors (Lipinski definition) is 2. The minimum Gasteiger partial charge on any atom is -0.381 e. The predicted octanol–water partition coefficient (Wildman–Crippen LogP) is 3.66. The molecule has 1 aromatic carbocycles. The molecule has 4 heteroatoms. The van der Waals surface area contributed by atoms with Crippen molar-refractivity contribution in [1.29, 1.82) is 0 Å². The topological polar surface area (TPSA) is 24.1 Å². The largest absolute Gasteiger partial charge is 0.381 e. The zero-order chi connectivity index (χ0) is 11.4. The molecule has 2 N–H and O–H groups in total. The number of halogens is 2. The highest BCUT2D eigenvalue weighted by Crippen LogP contribution is 2.27. The highest BCUT2D eigenvalue weighted by atomic mass is 79.9. The lowest BCUT2D eigenvalue weighted by Gasteiger charge is -2.18. The molecule has 0 bridgehead atoms. The molecular formula is C12H16BrClN2. The molecule has 16 heavy (non-hydrogen) atoms. The van der Waals surface area contributed by atoms with Gasteiger partial charge in [-0.05, 0) is 50.6 Å². The van der Waals surface area contributed by atoms with Gasteiger partial charge in [0.25, 0.3) is 0 Å². The van der Waals surface area contributed by atoms with Gasteiger partial charge in [-0.2, -0.15) is 0 Å². The van der Waals surface area contributed by atoms with Gasteiger partial charge in [0.15, 0.2) is 0 Å². The first-order valence-electron chi connectivity index (χ1n) is 5.68. The number of nitrogens with one attached hydrogen (secondary N) is 2. The van der Waals surface area contributed by atoms with Crippen LogP contribution in [0.1, 0.15) is 19.3 Å². The summed E-state index contributed by atoms with van der Waals surface area (Å²) in [5, 5.41) is 7.71. The van der Waals surface area contributed by atoms with E-state index in [2.05, 4.69) is 26.6 Å². The molecule has 1 fully saturated rings. The predicted molar refractivity (Wildman–Crippen MR) is 73.3 cm³/mol. The van der Waals surface area contributed by atoms with Crippen LogP contribution in [-0.4, -0.2) is 19.1 Å². The number of benzene rings is 1. The van der Waals surface area contributed by atoms with E-state index in [9.17, 15) is 0 Å². The van der Waals surface area contributed by atoms with Gasteiger partial charge in [-0.25, -0.2) is 0 Å². The summed E-state index contributed by atoms with van der Waals surface area (Å²) in [5.41, 5.74) is 1.04. The summed E-state index contributed by atoms with van der Waals surface area (Å²) in [7, 11) is 0. The SMILES string of the molecule is Clc1cc(Br)ccc1NC1CCCNCC1. The lowest BCUT2D eigenvalue weighted by molar-refractivity contribution is 0.637. The maximum Gasteiger partial charge on any atom is 0.0648 e. The van der Waals surface area contributed by atoms with E-state index < -0.39 is 0 Å². The summed E-state index contributed by atoms with van der Waals surface area (Å²) in [6.07, 6.45) is 3.59. The minimum atomic E-state index is 0.536. The highest BCUT2D eigenvalue weighted by molar-refractivity contribution is 9.10. The van der Waals surface area contributed by atoms with E-state index in [4.69, 9.17) is 11.6 Å². The van der Waals surface area contributed by atoms with E-state index in [0.29, 0.717) is 6.04 Å². The minimum absolute atomic E-state index is 0.536. The zero-order valence-corrected chi connectivity index (χ0v) is 11.4. The quantitative estimate of drug-likeness (QED) is 0.871. The second kappa shape index (κ2) is 5.89. The van der Waals surface area contributed by atoms with Gasteiger partial charge in [-0.15, -0.1) is 0 Å². The summed E-state index contributed by atoms with van der Waals surface area (Å²) in [4.78, 5) is 0. The molecule has 1 atom stereocenters. The average Bonchev–Trinajstić information content (AvgIpc) is 2.51. The zero-order valence-electron chi connectivity index (χ0n) is 9.10. The van der Waals surface area contributed by atoms with Crippen molar-refractivity contribution in [3.63, 3.8) is 0 Å². The van der Waals surface area contributed by atoms with Gasteiger partial charge in [-0.3, -0.25) is 0 Å². The summed E-state index contributed by atoms with van der Waals surface area (Å²) >= 11 is 9.59. The van der Waals surface area contributed by atoms with Crippen LogP contribution in [0.25, 0.3) is 0 Å². The van der Waals surface area contributed by atoms with Crippen LogP contribution < -0.4 is 10.6 Å². The van der Waals surface area contributed by atoms with Crippen LogP contribution >= 0.6 is 27.5 Å². The fourth-order valence-electron chi connectivity index (χ4n) is 1.99. The molecule has 1 aliphatic rings. The van der Waals surface area contributed by atoms with E-state index in [0.717, 1.165) is 34.7 Å². The third-order valence-corrected chi connectivity index (χ3v) is 3.67. The van der Waals surface area contributed by atoms with Crippen LogP contribution in [0.2, 0.25) is 5.02 Å². The standard InChI is InChI=1S/C12H16BrClN2/c13-9-3-4-12(11(14)8-9)16-10-2-1-6-15-7-5-10/h3-4,8,10,15-16H,1-2,5-7H2. The third-order valence-electron chi connectivity index (χ3n) is 2.87. The molecule has 2 rings (SSSR count). The van der Waals surface area contributed by atoms with Gasteiger partial charge in [0.1, 0.15) is 0 Å². The Morgan fingerprint density at radius 2 is 2.19 bits per heavy atom. The molecule has 0 saturated carbocycles. The Hall–Kier alpha value is -0.250. The van der Waals surface area contributed by atoms with Crippen LogP contribution in [0.3, 0.4) is 0 Å². The maximum atomic E-state index is 6.18. The second-order valence-electron chi connectivity index (χ2n) is 4.15. The molecule has 0 aromatic heterocycles. The average molecular weight is 304 g/mol. The molecule has 0 radical (unpaired) electrons. The molecule has 0 amide bonds. The van der Waals surface area contributed by atoms with E-state index in [1.165, 1.54) is 12.8 Å². The molecular weight excluding hydrogens is 288 g/mol. The molecule has 0 spiro atoms. The van der Waals surface area contributed by atoms with Gasteiger partial charge in [0.05, 0.1) is 10.7 Å². The Kier molecular flexibility index (Phi) is 4.50. The molecule has 1 aromatic rings. The van der Waals surface area contributed by atoms with Crippen molar-refractivity contribution in [2.45, 2.75) is 25.3 Å². The number of rotatable bonds is 2. The van der Waals surface area contributed by atoms with E-state index in [1.807, 2.05) is 18.2 Å². The third kappa shape index (κ3) is 3.37. The Morgan fingerprint density at radius 3 is 3.00 bits per heavy atom. The summed E-state index contributed by atoms with van der Waals surface area (Å²) in [6.45, 7) is 2.22. The van der Waals surface area contributed by atoms with Gasteiger partial charge < -0.3 is 10.6 Å². The van der Waals surface area contributed by atoms with Crippen LogP contribution in [0.4, 0.5) is 5.69 Å². The second-order valence-corrected chi connectivity index (χ2v) is 5.47. The molecule has 2 nitrogen and oxygen atoms in total. The van der Waals surface area contributed by atoms with Crippen molar-refractivity contribution >= 4 is 33.2 Å². The van der Waals surface area contributed by atoms with Crippen LogP contribution in [-0.2, 0) is 0 Å². The van der Waals surface area contributed by atoms with Crippen molar-refractivity contribution in [3.8, 4) is 0 Å². The van der Waals surface area contributed by atoms with Gasteiger partial charge >= 0.3 is 0 Å². The fourth-order valence-corrected chi connectivity index (χ4v) is 2.72. The summed E-state index contributed by atoms with van der Waals surface area (Å²) in [6, 6.07) is 6.51. The van der Waals surface area contributed by atoms with Crippen LogP contribution in [0, 0.1) is 0 Å². The molecule has 1 unspecified atom stereocenters. The first kappa shape index (κ1) is 12.2. The Morgan fingerprint density at radius 1 is 1.31 bits per heavy atom. The Balaban J connectivity index is 2.01. The Labute approximate surface area is 110 Å². The smallest absolute Gasteiger partial charge is 0.0648 e. The number of anilines is 1. The summed E-state index contributed by atoms with van der Waals surface area (Å²) < 4.78 is 1.02. The fraction of sp³-hybridized carbons (Fsp3) is 0.500. The first-order valence-corrected chi connectivity index (χ1v) is 6.85. The Bertz CT molecular complexity index is 349. The molecule has 88 valence electrons. The molecule has 1 saturated heterocycles. The number of hydrogen-bond donors (Lipinski definition) is 2. The van der Waals surface area contributed by atoms with Crippen molar-refractivity contribution in [3.05, 3.63) is 27.7 Å². The van der Waals surface area contributed by atoms with Crippen LogP contribution in [0.15, 0.2) is 22.7 Å². The lowest BCUT2D eigenvalue weighted by Crippen LogP contribution is -2.21. The molecule has 0 aliphatic carbocycles. The van der Waals surface area contributed by atoms with Crippen molar-refractivity contribution in [1.82, 2.24) is 5.32 Å². The van der Waals surface area contributed by atoms with Crippen molar-refractivity contribution < 1.29 is 0 Å². The summed E-state index contributed by atoms with van der Waals surface area (Å²) in [5.74, 6) is 0. The maximum absolute atomic E-state index is 6.18. The molecule has 1 heterocycles.